The third-order valence-corrected chi connectivity index (χ3v) is 7.46. The molecule has 0 amide bonds. The van der Waals surface area contributed by atoms with Crippen molar-refractivity contribution in [3.63, 3.8) is 0 Å². The summed E-state index contributed by atoms with van der Waals surface area (Å²) in [5.74, 6) is -0.356. The molecule has 0 fully saturated rings. The van der Waals surface area contributed by atoms with E-state index < -0.39 is 10.8 Å². The maximum atomic E-state index is 13.2. The third kappa shape index (κ3) is 5.06. The van der Waals surface area contributed by atoms with Crippen LogP contribution >= 0.6 is 22.9 Å². The van der Waals surface area contributed by atoms with Gasteiger partial charge in [-0.2, -0.15) is 0 Å². The Morgan fingerprint density at radius 1 is 1.20 bits per heavy atom. The molecule has 0 N–H and O–H groups in total. The molecule has 1 atom stereocenters. The number of rotatable bonds is 8. The Balaban J connectivity index is 1.95. The van der Waals surface area contributed by atoms with Crippen molar-refractivity contribution in [3.05, 3.63) is 81.3 Å². The van der Waals surface area contributed by atoms with Crippen molar-refractivity contribution in [2.45, 2.75) is 23.1 Å². The van der Waals surface area contributed by atoms with E-state index in [-0.39, 0.29) is 12.4 Å². The zero-order chi connectivity index (χ0) is 21.7. The van der Waals surface area contributed by atoms with E-state index in [0.717, 1.165) is 32.9 Å². The molecule has 0 spiro atoms. The fraction of sp³-hybridized carbons (Fsp3) is 0.174. The highest BCUT2D eigenvalue weighted by Gasteiger charge is 2.18. The lowest BCUT2D eigenvalue weighted by atomic mass is 9.99. The Hall–Kier alpha value is -2.28. The smallest absolute Gasteiger partial charge is 0.139 e. The first-order chi connectivity index (χ1) is 14.4. The summed E-state index contributed by atoms with van der Waals surface area (Å²) >= 11 is 7.80. The second-order valence-electron chi connectivity index (χ2n) is 6.63. The van der Waals surface area contributed by atoms with Crippen molar-refractivity contribution >= 4 is 51.3 Å². The highest BCUT2D eigenvalue weighted by molar-refractivity contribution is 7.85. The number of likely N-dealkylation sites (N-methyl/N-ethyl adjacent to an activating group) is 1. The molecule has 2 aromatic carbocycles. The molecule has 0 bridgehead atoms. The summed E-state index contributed by atoms with van der Waals surface area (Å²) in [4.78, 5) is 15.1. The van der Waals surface area contributed by atoms with Crippen molar-refractivity contribution in [1.29, 1.82) is 0 Å². The van der Waals surface area contributed by atoms with Gasteiger partial charge in [0.2, 0.25) is 0 Å². The van der Waals surface area contributed by atoms with Gasteiger partial charge in [0, 0.05) is 39.5 Å². The van der Waals surface area contributed by atoms with Gasteiger partial charge < -0.3 is 9.69 Å². The number of allylic oxidation sites excluding steroid dienone is 2. The number of halogens is 2. The largest absolute Gasteiger partial charge is 0.367 e. The van der Waals surface area contributed by atoms with Crippen molar-refractivity contribution in [1.82, 2.24) is 0 Å². The van der Waals surface area contributed by atoms with Crippen LogP contribution in [0.5, 0.6) is 0 Å². The Morgan fingerprint density at radius 2 is 1.93 bits per heavy atom. The zero-order valence-electron chi connectivity index (χ0n) is 16.6. The van der Waals surface area contributed by atoms with Crippen molar-refractivity contribution < 1.29 is 13.4 Å². The molecular weight excluding hydrogens is 441 g/mol. The Kier molecular flexibility index (Phi) is 7.58. The van der Waals surface area contributed by atoms with E-state index in [2.05, 4.69) is 0 Å². The van der Waals surface area contributed by atoms with Gasteiger partial charge in [-0.15, -0.1) is 11.3 Å². The number of benzene rings is 2. The molecule has 0 saturated heterocycles. The Labute approximate surface area is 187 Å². The van der Waals surface area contributed by atoms with Gasteiger partial charge in [0.05, 0.1) is 22.2 Å². The van der Waals surface area contributed by atoms with Crippen molar-refractivity contribution in [2.75, 3.05) is 18.5 Å². The van der Waals surface area contributed by atoms with Crippen LogP contribution < -0.4 is 4.90 Å². The summed E-state index contributed by atoms with van der Waals surface area (Å²) < 4.78 is 26.3. The molecule has 3 rings (SSSR count). The molecule has 7 heteroatoms. The van der Waals surface area contributed by atoms with Gasteiger partial charge in [0.15, 0.2) is 0 Å². The average molecular weight is 462 g/mol. The topological polar surface area (TPSA) is 37.4 Å². The molecular formula is C23H21ClFNO2S2. The van der Waals surface area contributed by atoms with Crippen LogP contribution in [0.1, 0.15) is 17.4 Å². The number of aldehydes is 1. The van der Waals surface area contributed by atoms with Gasteiger partial charge in [-0.1, -0.05) is 17.7 Å². The molecule has 0 radical (unpaired) electrons. The SMILES string of the molecule is C/C=C(\Cc1sccc1S(=O)c1ccc(F)cc1)c1cc(Cl)ccc1N(C)CC=O. The molecule has 3 nitrogen and oxygen atoms in total. The molecule has 1 aromatic heterocycles. The number of carbonyl (C=O) groups is 1. The van der Waals surface area contributed by atoms with E-state index in [4.69, 9.17) is 11.6 Å². The fourth-order valence-corrected chi connectivity index (χ4v) is 5.67. The molecule has 1 unspecified atom stereocenters. The van der Waals surface area contributed by atoms with Gasteiger partial charge in [0.1, 0.15) is 12.1 Å². The van der Waals surface area contributed by atoms with Crippen LogP contribution in [0.4, 0.5) is 10.1 Å². The lowest BCUT2D eigenvalue weighted by Crippen LogP contribution is -2.20. The molecule has 30 heavy (non-hydrogen) atoms. The van der Waals surface area contributed by atoms with Crippen LogP contribution in [-0.4, -0.2) is 24.1 Å². The first-order valence-corrected chi connectivity index (χ1v) is 11.7. The van der Waals surface area contributed by atoms with E-state index in [0.29, 0.717) is 16.3 Å². The van der Waals surface area contributed by atoms with Gasteiger partial charge in [0.25, 0.3) is 0 Å². The van der Waals surface area contributed by atoms with E-state index in [1.165, 1.54) is 23.5 Å². The van der Waals surface area contributed by atoms with Crippen molar-refractivity contribution in [3.8, 4) is 0 Å². The number of hydrogen-bond donors (Lipinski definition) is 0. The first-order valence-electron chi connectivity index (χ1n) is 9.28. The minimum Gasteiger partial charge on any atom is -0.367 e. The van der Waals surface area contributed by atoms with E-state index in [1.54, 1.807) is 18.2 Å². The van der Waals surface area contributed by atoms with Crippen LogP contribution in [0, 0.1) is 5.82 Å². The first kappa shape index (κ1) is 22.4. The van der Waals surface area contributed by atoms with Crippen LogP contribution in [0.2, 0.25) is 5.02 Å². The van der Waals surface area contributed by atoms with E-state index in [1.807, 2.05) is 48.5 Å². The lowest BCUT2D eigenvalue weighted by Gasteiger charge is -2.22. The highest BCUT2D eigenvalue weighted by atomic mass is 35.5. The molecule has 0 aliphatic heterocycles. The van der Waals surface area contributed by atoms with Crippen molar-refractivity contribution in [2.24, 2.45) is 0 Å². The Bertz CT molecular complexity index is 1090. The maximum Gasteiger partial charge on any atom is 0.139 e. The summed E-state index contributed by atoms with van der Waals surface area (Å²) in [5, 5.41) is 2.52. The minimum absolute atomic E-state index is 0.268. The summed E-state index contributed by atoms with van der Waals surface area (Å²) in [7, 11) is 0.458. The fourth-order valence-electron chi connectivity index (χ4n) is 3.14. The molecule has 0 aliphatic rings. The molecule has 0 aliphatic carbocycles. The van der Waals surface area contributed by atoms with Gasteiger partial charge >= 0.3 is 0 Å². The predicted octanol–water partition coefficient (Wildman–Crippen LogP) is 5.99. The van der Waals surface area contributed by atoms with Crippen LogP contribution in [-0.2, 0) is 22.0 Å². The number of thiophene rings is 1. The third-order valence-electron chi connectivity index (χ3n) is 4.70. The number of carbonyl (C=O) groups excluding carboxylic acids is 1. The number of hydrogen-bond acceptors (Lipinski definition) is 4. The molecule has 1 heterocycles. The summed E-state index contributed by atoms with van der Waals surface area (Å²) in [5.41, 5.74) is 2.85. The summed E-state index contributed by atoms with van der Waals surface area (Å²) in [6.45, 7) is 2.22. The molecule has 156 valence electrons. The number of nitrogens with zero attached hydrogens (tertiary/aromatic N) is 1. The van der Waals surface area contributed by atoms with E-state index >= 15 is 0 Å². The second kappa shape index (κ2) is 10.2. The minimum atomic E-state index is -1.40. The van der Waals surface area contributed by atoms with Gasteiger partial charge in [-0.3, -0.25) is 0 Å². The maximum absolute atomic E-state index is 13.2. The average Bonchev–Trinajstić information content (AvgIpc) is 3.20. The Morgan fingerprint density at radius 3 is 2.60 bits per heavy atom. The summed E-state index contributed by atoms with van der Waals surface area (Å²) in [6, 6.07) is 13.2. The number of anilines is 1. The summed E-state index contributed by atoms with van der Waals surface area (Å²) in [6.07, 6.45) is 3.43. The predicted molar refractivity (Wildman–Crippen MR) is 124 cm³/mol. The lowest BCUT2D eigenvalue weighted by molar-refractivity contribution is -0.106. The van der Waals surface area contributed by atoms with Crippen LogP contribution in [0.3, 0.4) is 0 Å². The second-order valence-corrected chi connectivity index (χ2v) is 9.52. The van der Waals surface area contributed by atoms with E-state index in [9.17, 15) is 13.4 Å². The van der Waals surface area contributed by atoms with Gasteiger partial charge in [-0.05, 0) is 66.4 Å². The van der Waals surface area contributed by atoms with Crippen LogP contribution in [0.15, 0.2) is 69.8 Å². The van der Waals surface area contributed by atoms with Crippen LogP contribution in [0.25, 0.3) is 5.57 Å². The molecule has 3 aromatic rings. The monoisotopic (exact) mass is 461 g/mol. The normalized spacial score (nSPS) is 12.6. The quantitative estimate of drug-likeness (QED) is 0.387. The standard InChI is InChI=1S/C23H21ClFNO2S2/c1-3-16(20-15-17(24)4-9-21(20)26(2)11-12-27)14-22-23(10-13-29-22)30(28)19-7-5-18(25)6-8-19/h3-10,12-13,15H,11,14H2,1-2H3/b16-3+. The highest BCUT2D eigenvalue weighted by Crippen LogP contribution is 2.35. The molecule has 0 saturated carbocycles. The van der Waals surface area contributed by atoms with Gasteiger partial charge in [-0.25, -0.2) is 8.60 Å². The zero-order valence-corrected chi connectivity index (χ0v) is 19.0.